The highest BCUT2D eigenvalue weighted by atomic mass is 16.3. The van der Waals surface area contributed by atoms with Crippen LogP contribution in [0.25, 0.3) is 0 Å². The fourth-order valence-electron chi connectivity index (χ4n) is 5.05. The molecule has 0 spiro atoms. The first-order valence-electron chi connectivity index (χ1n) is 13.8. The van der Waals surface area contributed by atoms with E-state index in [4.69, 9.17) is 0 Å². The third kappa shape index (κ3) is 6.23. The molecule has 2 aliphatic heterocycles. The summed E-state index contributed by atoms with van der Waals surface area (Å²) < 4.78 is 0. The van der Waals surface area contributed by atoms with E-state index < -0.39 is 6.10 Å². The van der Waals surface area contributed by atoms with Crippen molar-refractivity contribution < 1.29 is 14.7 Å². The van der Waals surface area contributed by atoms with Gasteiger partial charge in [-0.3, -0.25) is 14.6 Å². The number of aliphatic hydroxyl groups is 1. The van der Waals surface area contributed by atoms with Crippen LogP contribution >= 0.6 is 0 Å². The van der Waals surface area contributed by atoms with E-state index >= 15 is 0 Å². The molecule has 2 aromatic carbocycles. The molecule has 5 rings (SSSR count). The Hall–Kier alpha value is -4.28. The number of amides is 2. The predicted octanol–water partition coefficient (Wildman–Crippen LogP) is 3.92. The van der Waals surface area contributed by atoms with Crippen LogP contribution < -0.4 is 21.0 Å². The summed E-state index contributed by atoms with van der Waals surface area (Å²) in [6.07, 6.45) is 3.74. The number of β-amino-alcohol motifs (C(OH)–C–C–N with tert-alkyl or cyclic N) is 1. The van der Waals surface area contributed by atoms with Crippen molar-refractivity contribution in [2.45, 2.75) is 51.7 Å². The fourth-order valence-corrected chi connectivity index (χ4v) is 5.05. The minimum absolute atomic E-state index is 0.00981. The Labute approximate surface area is 240 Å². The van der Waals surface area contributed by atoms with E-state index in [0.717, 1.165) is 11.1 Å². The summed E-state index contributed by atoms with van der Waals surface area (Å²) in [6, 6.07) is 14.8. The van der Waals surface area contributed by atoms with Crippen molar-refractivity contribution in [3.63, 3.8) is 0 Å². The highest BCUT2D eigenvalue weighted by Gasteiger charge is 2.28. The smallest absolute Gasteiger partial charge is 0.283 e. The molecule has 2 unspecified atom stereocenters. The van der Waals surface area contributed by atoms with Gasteiger partial charge in [0.05, 0.1) is 12.1 Å². The van der Waals surface area contributed by atoms with Crippen molar-refractivity contribution in [3.8, 4) is 0 Å². The molecule has 214 valence electrons. The Morgan fingerprint density at radius 2 is 1.88 bits per heavy atom. The number of carbonyl (C=O) groups is 2. The van der Waals surface area contributed by atoms with Gasteiger partial charge in [-0.25, -0.2) is 10.4 Å². The van der Waals surface area contributed by atoms with E-state index in [-0.39, 0.29) is 23.3 Å². The molecule has 41 heavy (non-hydrogen) atoms. The first-order valence-corrected chi connectivity index (χ1v) is 13.8. The molecule has 10 nitrogen and oxygen atoms in total. The first-order chi connectivity index (χ1) is 19.5. The molecule has 2 atom stereocenters. The maximum Gasteiger partial charge on any atom is 0.283 e. The van der Waals surface area contributed by atoms with Gasteiger partial charge >= 0.3 is 0 Å². The summed E-state index contributed by atoms with van der Waals surface area (Å²) in [5, 5.41) is 17.5. The third-order valence-corrected chi connectivity index (χ3v) is 7.52. The fraction of sp³-hybridized carbons (Fsp3) is 0.355. The first kappa shape index (κ1) is 28.3. The lowest BCUT2D eigenvalue weighted by atomic mass is 9.86. The second-order valence-electron chi connectivity index (χ2n) is 11.6. The number of nitrogens with zero attached hydrogens (tertiary/aromatic N) is 4. The largest absolute Gasteiger partial charge is 0.391 e. The highest BCUT2D eigenvalue weighted by Crippen LogP contribution is 2.30. The van der Waals surface area contributed by atoms with Gasteiger partial charge in [0.25, 0.3) is 11.8 Å². The summed E-state index contributed by atoms with van der Waals surface area (Å²) in [7, 11) is 1.67. The highest BCUT2D eigenvalue weighted by molar-refractivity contribution is 6.04. The lowest BCUT2D eigenvalue weighted by molar-refractivity contribution is -0.129. The monoisotopic (exact) mass is 555 g/mol. The van der Waals surface area contributed by atoms with E-state index in [1.807, 2.05) is 60.4 Å². The van der Waals surface area contributed by atoms with Crippen LogP contribution in [0.2, 0.25) is 0 Å². The van der Waals surface area contributed by atoms with Crippen LogP contribution in [0, 0.1) is 6.92 Å². The lowest BCUT2D eigenvalue weighted by Crippen LogP contribution is -2.47. The molecule has 2 aliphatic rings. The SMILES string of the molecule is Cc1c(NC(=O)c2ccc(C(C)(C)C)cc2)cccc1C1C=C(Nc2ccnc(N3CCC(O)C3)n2)C(=O)N(C)N1. The second-order valence-corrected chi connectivity index (χ2v) is 11.6. The number of hydrazine groups is 1. The molecule has 3 heterocycles. The van der Waals surface area contributed by atoms with Gasteiger partial charge in [0.1, 0.15) is 11.5 Å². The zero-order chi connectivity index (χ0) is 29.3. The van der Waals surface area contributed by atoms with Crippen molar-refractivity contribution in [2.75, 3.05) is 35.7 Å². The quantitative estimate of drug-likeness (QED) is 0.361. The number of nitrogens with one attached hydrogen (secondary N) is 3. The van der Waals surface area contributed by atoms with E-state index in [1.54, 1.807) is 19.3 Å². The summed E-state index contributed by atoms with van der Waals surface area (Å²) in [5.74, 6) is 0.572. The Balaban J connectivity index is 1.35. The molecule has 4 N–H and O–H groups in total. The van der Waals surface area contributed by atoms with Crippen molar-refractivity contribution in [1.29, 1.82) is 0 Å². The van der Waals surface area contributed by atoms with Crippen molar-refractivity contribution in [1.82, 2.24) is 20.4 Å². The number of aliphatic hydroxyl groups excluding tert-OH is 1. The number of rotatable bonds is 6. The molecule has 0 radical (unpaired) electrons. The van der Waals surface area contributed by atoms with Crippen LogP contribution in [-0.2, 0) is 10.2 Å². The predicted molar refractivity (Wildman–Crippen MR) is 159 cm³/mol. The van der Waals surface area contributed by atoms with Gasteiger partial charge in [0.15, 0.2) is 0 Å². The molecular formula is C31H37N7O3. The number of benzene rings is 2. The van der Waals surface area contributed by atoms with E-state index in [9.17, 15) is 14.7 Å². The Bertz CT molecular complexity index is 1480. The van der Waals surface area contributed by atoms with Crippen LogP contribution in [-0.4, -0.2) is 58.1 Å². The normalized spacial score (nSPS) is 19.3. The van der Waals surface area contributed by atoms with Crippen LogP contribution in [0.4, 0.5) is 17.5 Å². The van der Waals surface area contributed by atoms with Crippen molar-refractivity contribution >= 4 is 29.3 Å². The third-order valence-electron chi connectivity index (χ3n) is 7.52. The average molecular weight is 556 g/mol. The summed E-state index contributed by atoms with van der Waals surface area (Å²) in [6.45, 7) is 9.53. The number of aromatic nitrogens is 2. The van der Waals surface area contributed by atoms with Gasteiger partial charge in [-0.15, -0.1) is 0 Å². The van der Waals surface area contributed by atoms with Crippen LogP contribution in [0.1, 0.15) is 60.3 Å². The standard InChI is InChI=1S/C31H37N7O3/c1-19-23(7-6-8-24(19)34-28(40)20-9-11-21(12-10-20)31(2,3)4)25-17-26(29(41)37(5)36-25)33-27-13-15-32-30(35-27)38-16-14-22(39)18-38/h6-13,15,17,22,25,36,39H,14,16,18H2,1-5H3,(H,34,40)(H,32,33,35). The number of anilines is 3. The van der Waals surface area contributed by atoms with E-state index in [1.165, 1.54) is 10.6 Å². The number of hydrogen-bond donors (Lipinski definition) is 4. The Morgan fingerprint density at radius 3 is 2.56 bits per heavy atom. The molecule has 0 bridgehead atoms. The molecule has 0 saturated carbocycles. The van der Waals surface area contributed by atoms with Gasteiger partial charge in [0.2, 0.25) is 5.95 Å². The molecule has 1 fully saturated rings. The average Bonchev–Trinajstić information content (AvgIpc) is 3.38. The molecule has 1 saturated heterocycles. The van der Waals surface area contributed by atoms with E-state index in [2.05, 4.69) is 46.8 Å². The maximum atomic E-state index is 13.1. The molecule has 0 aliphatic carbocycles. The molecular weight excluding hydrogens is 518 g/mol. The van der Waals surface area contributed by atoms with Crippen molar-refractivity contribution in [3.05, 3.63) is 88.8 Å². The minimum atomic E-state index is -0.392. The summed E-state index contributed by atoms with van der Waals surface area (Å²) >= 11 is 0. The number of likely N-dealkylation sites (N-methyl/N-ethyl adjacent to an activating group) is 1. The van der Waals surface area contributed by atoms with Crippen LogP contribution in [0.3, 0.4) is 0 Å². The van der Waals surface area contributed by atoms with Crippen LogP contribution in [0.5, 0.6) is 0 Å². The van der Waals surface area contributed by atoms with Gasteiger partial charge in [-0.05, 0) is 65.8 Å². The van der Waals surface area contributed by atoms with Gasteiger partial charge in [-0.2, -0.15) is 4.98 Å². The van der Waals surface area contributed by atoms with E-state index in [0.29, 0.717) is 48.2 Å². The minimum Gasteiger partial charge on any atom is -0.391 e. The molecule has 3 aromatic rings. The van der Waals surface area contributed by atoms with Gasteiger partial charge in [-0.1, -0.05) is 45.0 Å². The zero-order valence-electron chi connectivity index (χ0n) is 24.1. The lowest BCUT2D eigenvalue weighted by Gasteiger charge is -2.31. The Morgan fingerprint density at radius 1 is 1.12 bits per heavy atom. The van der Waals surface area contributed by atoms with Gasteiger partial charge in [0, 0.05) is 37.6 Å². The van der Waals surface area contributed by atoms with Crippen LogP contribution in [0.15, 0.2) is 66.5 Å². The second kappa shape index (κ2) is 11.3. The molecule has 10 heteroatoms. The van der Waals surface area contributed by atoms with Gasteiger partial charge < -0.3 is 20.6 Å². The molecule has 2 amide bonds. The summed E-state index contributed by atoms with van der Waals surface area (Å²) in [5.41, 5.74) is 7.85. The zero-order valence-corrected chi connectivity index (χ0v) is 24.1. The topological polar surface area (TPSA) is 123 Å². The number of hydrogen-bond acceptors (Lipinski definition) is 8. The Kier molecular flexibility index (Phi) is 7.79. The number of carbonyl (C=O) groups excluding carboxylic acids is 2. The summed E-state index contributed by atoms with van der Waals surface area (Å²) in [4.78, 5) is 36.9. The molecule has 1 aromatic heterocycles. The maximum absolute atomic E-state index is 13.1. The van der Waals surface area contributed by atoms with Crippen molar-refractivity contribution in [2.24, 2.45) is 0 Å².